The number of fused-ring (bicyclic) bond motifs is 1. The first-order valence-corrected chi connectivity index (χ1v) is 9.52. The average molecular weight is 452 g/mol. The number of nitrogen functional groups attached to an aromatic ring is 1. The lowest BCUT2D eigenvalue weighted by Crippen LogP contribution is -2.09. The van der Waals surface area contributed by atoms with Crippen molar-refractivity contribution >= 4 is 34.6 Å². The van der Waals surface area contributed by atoms with Crippen LogP contribution in [0.15, 0.2) is 67.6 Å². The molecule has 0 saturated carbocycles. The maximum atomic E-state index is 13.4. The SMILES string of the molecule is Nc1cc(Nc2ccn3ccnc3c2)nc(Nc2cc(-n3cncn3)cc(C(F)(F)F)c2)n1. The molecule has 0 aliphatic carbocycles. The van der Waals surface area contributed by atoms with Crippen LogP contribution in [0.4, 0.5) is 42.1 Å². The van der Waals surface area contributed by atoms with E-state index in [1.54, 1.807) is 6.20 Å². The summed E-state index contributed by atoms with van der Waals surface area (Å²) in [6.45, 7) is 0. The van der Waals surface area contributed by atoms with E-state index in [0.29, 0.717) is 11.5 Å². The maximum Gasteiger partial charge on any atom is 0.416 e. The summed E-state index contributed by atoms with van der Waals surface area (Å²) in [6, 6.07) is 8.52. The predicted octanol–water partition coefficient (Wildman–Crippen LogP) is 3.79. The molecule has 0 bridgehead atoms. The molecule has 33 heavy (non-hydrogen) atoms. The lowest BCUT2D eigenvalue weighted by Gasteiger charge is -2.14. The molecule has 1 aromatic carbocycles. The summed E-state index contributed by atoms with van der Waals surface area (Å²) in [7, 11) is 0. The Hall–Kier alpha value is -4.68. The molecule has 0 fully saturated rings. The van der Waals surface area contributed by atoms with Gasteiger partial charge in [0, 0.05) is 42.1 Å². The third-order valence-corrected chi connectivity index (χ3v) is 4.60. The number of anilines is 5. The fraction of sp³-hybridized carbons (Fsp3) is 0.0500. The Kier molecular flexibility index (Phi) is 4.77. The van der Waals surface area contributed by atoms with Crippen LogP contribution in [0.2, 0.25) is 0 Å². The highest BCUT2D eigenvalue weighted by Crippen LogP contribution is 2.33. The number of imidazole rings is 1. The van der Waals surface area contributed by atoms with Gasteiger partial charge in [0.15, 0.2) is 0 Å². The summed E-state index contributed by atoms with van der Waals surface area (Å²) >= 11 is 0. The van der Waals surface area contributed by atoms with Crippen molar-refractivity contribution in [2.24, 2.45) is 0 Å². The van der Waals surface area contributed by atoms with Crippen LogP contribution in [-0.2, 0) is 6.18 Å². The fourth-order valence-electron chi connectivity index (χ4n) is 3.17. The van der Waals surface area contributed by atoms with Crippen LogP contribution < -0.4 is 16.4 Å². The molecule has 5 rings (SSSR count). The highest BCUT2D eigenvalue weighted by atomic mass is 19.4. The van der Waals surface area contributed by atoms with Crippen LogP contribution in [-0.4, -0.2) is 34.1 Å². The van der Waals surface area contributed by atoms with Gasteiger partial charge in [0.05, 0.1) is 11.3 Å². The van der Waals surface area contributed by atoms with Gasteiger partial charge in [-0.25, -0.2) is 14.6 Å². The molecule has 0 saturated heterocycles. The summed E-state index contributed by atoms with van der Waals surface area (Å²) in [5.41, 5.74) is 6.73. The van der Waals surface area contributed by atoms with E-state index in [2.05, 4.69) is 35.7 Å². The van der Waals surface area contributed by atoms with Gasteiger partial charge in [-0.05, 0) is 24.3 Å². The standard InChI is InChI=1S/C20H15F3N10/c21-20(22,23)12-5-14(7-15(6-12)33-11-25-10-27-33)29-19-30-16(24)9-17(31-19)28-13-1-3-32-4-2-26-18(32)8-13/h1-11H,(H4,24,28,29,30,31). The summed E-state index contributed by atoms with van der Waals surface area (Å²) in [5, 5.41) is 9.78. The van der Waals surface area contributed by atoms with E-state index in [-0.39, 0.29) is 23.1 Å². The van der Waals surface area contributed by atoms with Crippen LogP contribution in [0.3, 0.4) is 0 Å². The first-order chi connectivity index (χ1) is 15.8. The average Bonchev–Trinajstić information content (AvgIpc) is 3.44. The van der Waals surface area contributed by atoms with Crippen LogP contribution >= 0.6 is 0 Å². The van der Waals surface area contributed by atoms with Crippen molar-refractivity contribution in [2.45, 2.75) is 6.18 Å². The van der Waals surface area contributed by atoms with Crippen LogP contribution in [0.5, 0.6) is 0 Å². The Labute approximate surface area is 184 Å². The number of alkyl halides is 3. The summed E-state index contributed by atoms with van der Waals surface area (Å²) in [4.78, 5) is 16.4. The van der Waals surface area contributed by atoms with Crippen LogP contribution in [0.25, 0.3) is 11.3 Å². The summed E-state index contributed by atoms with van der Waals surface area (Å²) in [6.07, 6.45) is 3.27. The number of hydrogen-bond donors (Lipinski definition) is 3. The van der Waals surface area contributed by atoms with Gasteiger partial charge in [0.2, 0.25) is 5.95 Å². The number of nitrogens with zero attached hydrogens (tertiary/aromatic N) is 7. The smallest absolute Gasteiger partial charge is 0.383 e. The van der Waals surface area contributed by atoms with Gasteiger partial charge < -0.3 is 20.8 Å². The molecule has 0 radical (unpaired) electrons. The van der Waals surface area contributed by atoms with Crippen molar-refractivity contribution < 1.29 is 13.2 Å². The highest BCUT2D eigenvalue weighted by molar-refractivity contribution is 5.66. The molecule has 0 amide bonds. The molecule has 0 aliphatic heterocycles. The van der Waals surface area contributed by atoms with E-state index in [4.69, 9.17) is 5.73 Å². The van der Waals surface area contributed by atoms with Gasteiger partial charge >= 0.3 is 6.18 Å². The zero-order valence-corrected chi connectivity index (χ0v) is 16.7. The van der Waals surface area contributed by atoms with Crippen molar-refractivity contribution in [1.29, 1.82) is 0 Å². The quantitative estimate of drug-likeness (QED) is 0.368. The van der Waals surface area contributed by atoms with Crippen molar-refractivity contribution in [3.05, 3.63) is 73.2 Å². The van der Waals surface area contributed by atoms with Crippen LogP contribution in [0.1, 0.15) is 5.56 Å². The largest absolute Gasteiger partial charge is 0.416 e. The number of nitrogens with two attached hydrogens (primary N) is 1. The molecule has 13 heteroatoms. The molecule has 4 N–H and O–H groups in total. The fourth-order valence-corrected chi connectivity index (χ4v) is 3.17. The van der Waals surface area contributed by atoms with Crippen molar-refractivity contribution in [3.8, 4) is 5.69 Å². The number of halogens is 3. The first-order valence-electron chi connectivity index (χ1n) is 9.52. The minimum atomic E-state index is -4.57. The van der Waals surface area contributed by atoms with Crippen molar-refractivity contribution in [1.82, 2.24) is 34.1 Å². The monoisotopic (exact) mass is 452 g/mol. The summed E-state index contributed by atoms with van der Waals surface area (Å²) < 4.78 is 43.4. The molecular formula is C20H15F3N10. The number of aromatic nitrogens is 7. The molecule has 4 heterocycles. The van der Waals surface area contributed by atoms with Gasteiger partial charge in [-0.3, -0.25) is 0 Å². The molecule has 166 valence electrons. The highest BCUT2D eigenvalue weighted by Gasteiger charge is 2.31. The molecule has 5 aromatic rings. The number of hydrogen-bond acceptors (Lipinski definition) is 8. The van der Waals surface area contributed by atoms with Crippen LogP contribution in [0, 0.1) is 0 Å². The van der Waals surface area contributed by atoms with E-state index >= 15 is 0 Å². The maximum absolute atomic E-state index is 13.4. The first kappa shape index (κ1) is 20.2. The third-order valence-electron chi connectivity index (χ3n) is 4.60. The van der Waals surface area contributed by atoms with E-state index in [1.807, 2.05) is 28.9 Å². The molecule has 4 aromatic heterocycles. The Bertz CT molecular complexity index is 1430. The second-order valence-electron chi connectivity index (χ2n) is 6.97. The number of benzene rings is 1. The minimum Gasteiger partial charge on any atom is -0.383 e. The number of pyridine rings is 1. The van der Waals surface area contributed by atoms with Gasteiger partial charge in [-0.1, -0.05) is 0 Å². The van der Waals surface area contributed by atoms with E-state index in [1.165, 1.54) is 29.5 Å². The van der Waals surface area contributed by atoms with Gasteiger partial charge in [0.1, 0.15) is 29.9 Å². The van der Waals surface area contributed by atoms with Gasteiger partial charge in [-0.15, -0.1) is 0 Å². The molecule has 0 spiro atoms. The van der Waals surface area contributed by atoms with E-state index < -0.39 is 11.7 Å². The Morgan fingerprint density at radius 2 is 1.82 bits per heavy atom. The Morgan fingerprint density at radius 1 is 0.939 bits per heavy atom. The minimum absolute atomic E-state index is 0.0169. The predicted molar refractivity (Wildman–Crippen MR) is 115 cm³/mol. The molecule has 0 atom stereocenters. The Balaban J connectivity index is 1.46. The number of rotatable bonds is 5. The van der Waals surface area contributed by atoms with Crippen molar-refractivity contribution in [2.75, 3.05) is 16.4 Å². The number of nitrogens with one attached hydrogen (secondary N) is 2. The zero-order chi connectivity index (χ0) is 23.0. The zero-order valence-electron chi connectivity index (χ0n) is 16.7. The third kappa shape index (κ3) is 4.37. The summed E-state index contributed by atoms with van der Waals surface area (Å²) in [5.74, 6) is 0.494. The molecule has 0 unspecified atom stereocenters. The van der Waals surface area contributed by atoms with E-state index in [0.717, 1.165) is 17.8 Å². The topological polar surface area (TPSA) is 124 Å². The lowest BCUT2D eigenvalue weighted by molar-refractivity contribution is -0.137. The second kappa shape index (κ2) is 7.78. The molecule has 0 aliphatic rings. The Morgan fingerprint density at radius 3 is 2.61 bits per heavy atom. The van der Waals surface area contributed by atoms with E-state index in [9.17, 15) is 13.2 Å². The lowest BCUT2D eigenvalue weighted by atomic mass is 10.1. The van der Waals surface area contributed by atoms with Gasteiger partial charge in [0.25, 0.3) is 0 Å². The van der Waals surface area contributed by atoms with Crippen molar-refractivity contribution in [3.63, 3.8) is 0 Å². The normalized spacial score (nSPS) is 11.6. The second-order valence-corrected chi connectivity index (χ2v) is 6.97. The van der Waals surface area contributed by atoms with Gasteiger partial charge in [-0.2, -0.15) is 28.2 Å². The molecular weight excluding hydrogens is 437 g/mol. The molecule has 10 nitrogen and oxygen atoms in total.